The minimum atomic E-state index is -4.81. The Labute approximate surface area is 274 Å². The average Bonchev–Trinajstić information content (AvgIpc) is 3.76. The van der Waals surface area contributed by atoms with Crippen LogP contribution in [-0.2, 0) is 13.1 Å². The van der Waals surface area contributed by atoms with Crippen LogP contribution in [0.3, 0.4) is 0 Å². The summed E-state index contributed by atoms with van der Waals surface area (Å²) in [5, 5.41) is 10.3. The Hall–Kier alpha value is -4.12. The van der Waals surface area contributed by atoms with Crippen molar-refractivity contribution in [3.8, 4) is 28.4 Å². The van der Waals surface area contributed by atoms with E-state index in [-0.39, 0.29) is 52.7 Å². The van der Waals surface area contributed by atoms with E-state index in [0.29, 0.717) is 30.0 Å². The van der Waals surface area contributed by atoms with Gasteiger partial charge >= 0.3 is 12.3 Å². The van der Waals surface area contributed by atoms with Crippen LogP contribution in [0.15, 0.2) is 103 Å². The molecule has 3 aromatic carbocycles. The van der Waals surface area contributed by atoms with E-state index in [9.17, 15) is 23.1 Å². The second-order valence-corrected chi connectivity index (χ2v) is 10.3. The van der Waals surface area contributed by atoms with Crippen molar-refractivity contribution in [3.05, 3.63) is 120 Å². The standard InChI is InChI=1S/C33H27F3N4O3.Na/c34-33(35,36)43-27-16-11-24(12-17-27)31-38-29(30(32(41)42)40(31)26-14-15-26)25-13-18-28(37-19-25)39(20-22-7-3-1-4-8-22)21-23-9-5-2-6-10-23;/h1-13,16-19,26H,14-15,20-21H2,(H,41,42);. The van der Waals surface area contributed by atoms with E-state index < -0.39 is 12.3 Å². The number of carbonyl (C=O) groups is 1. The van der Waals surface area contributed by atoms with Gasteiger partial charge in [-0.05, 0) is 60.4 Å². The van der Waals surface area contributed by atoms with Crippen LogP contribution in [0.4, 0.5) is 19.0 Å². The number of aromatic nitrogens is 3. The summed E-state index contributed by atoms with van der Waals surface area (Å²) in [7, 11) is 0. The van der Waals surface area contributed by atoms with Gasteiger partial charge in [0.25, 0.3) is 0 Å². The molecule has 0 spiro atoms. The number of hydrogen-bond acceptors (Lipinski definition) is 5. The fraction of sp³-hybridized carbons (Fsp3) is 0.182. The molecule has 7 nitrogen and oxygen atoms in total. The summed E-state index contributed by atoms with van der Waals surface area (Å²) >= 11 is 0. The van der Waals surface area contributed by atoms with Gasteiger partial charge in [0.1, 0.15) is 23.1 Å². The Morgan fingerprint density at radius 2 is 1.43 bits per heavy atom. The molecule has 1 fully saturated rings. The van der Waals surface area contributed by atoms with E-state index in [1.54, 1.807) is 16.8 Å². The quantitative estimate of drug-likeness (QED) is 0.167. The van der Waals surface area contributed by atoms with E-state index in [4.69, 9.17) is 9.97 Å². The van der Waals surface area contributed by atoms with Gasteiger partial charge in [-0.3, -0.25) is 0 Å². The van der Waals surface area contributed by atoms with Gasteiger partial charge in [0.15, 0.2) is 5.69 Å². The van der Waals surface area contributed by atoms with Crippen LogP contribution in [0, 0.1) is 0 Å². The van der Waals surface area contributed by atoms with Crippen LogP contribution < -0.4 is 9.64 Å². The topological polar surface area (TPSA) is 80.5 Å². The second kappa shape index (κ2) is 13.3. The van der Waals surface area contributed by atoms with E-state index in [0.717, 1.165) is 29.8 Å². The summed E-state index contributed by atoms with van der Waals surface area (Å²) < 4.78 is 43.6. The molecule has 2 aromatic heterocycles. The van der Waals surface area contributed by atoms with Crippen molar-refractivity contribution < 1.29 is 27.8 Å². The van der Waals surface area contributed by atoms with Gasteiger partial charge in [-0.25, -0.2) is 14.8 Å². The van der Waals surface area contributed by atoms with Crippen molar-refractivity contribution >= 4 is 41.3 Å². The maximum absolute atomic E-state index is 12.7. The molecule has 1 radical (unpaired) electrons. The van der Waals surface area contributed by atoms with E-state index in [1.807, 2.05) is 42.5 Å². The molecular weight excluding hydrogens is 580 g/mol. The molecule has 11 heteroatoms. The normalized spacial score (nSPS) is 12.8. The van der Waals surface area contributed by atoms with Crippen molar-refractivity contribution in [3.63, 3.8) is 0 Å². The van der Waals surface area contributed by atoms with Crippen LogP contribution in [-0.4, -0.2) is 61.5 Å². The number of aromatic carboxylic acids is 1. The third-order valence-corrected chi connectivity index (χ3v) is 7.15. The predicted octanol–water partition coefficient (Wildman–Crippen LogP) is 7.37. The summed E-state index contributed by atoms with van der Waals surface area (Å²) in [5.41, 5.74) is 3.53. The van der Waals surface area contributed by atoms with Gasteiger partial charge in [-0.2, -0.15) is 0 Å². The third-order valence-electron chi connectivity index (χ3n) is 7.15. The van der Waals surface area contributed by atoms with Crippen molar-refractivity contribution in [2.24, 2.45) is 0 Å². The van der Waals surface area contributed by atoms with Gasteiger partial charge in [0, 0.05) is 66.0 Å². The number of alkyl halides is 3. The first-order chi connectivity index (χ1) is 20.7. The smallest absolute Gasteiger partial charge is 0.477 e. The zero-order valence-electron chi connectivity index (χ0n) is 23.9. The number of hydrogen-bond donors (Lipinski definition) is 1. The molecule has 219 valence electrons. The first-order valence-corrected chi connectivity index (χ1v) is 13.8. The molecule has 0 amide bonds. The number of nitrogens with zero attached hydrogens (tertiary/aromatic N) is 4. The Balaban J connectivity index is 0.00000384. The Morgan fingerprint density at radius 3 is 1.91 bits per heavy atom. The molecule has 1 N–H and O–H groups in total. The molecule has 0 unspecified atom stereocenters. The molecule has 0 atom stereocenters. The SMILES string of the molecule is O=C(O)c1c(-c2ccc(N(Cc3ccccc3)Cc3ccccc3)nc2)nc(-c2ccc(OC(F)(F)F)cc2)n1C1CC1.[Na]. The molecule has 5 aromatic rings. The molecule has 2 heterocycles. The number of rotatable bonds is 10. The van der Waals surface area contributed by atoms with E-state index in [2.05, 4.69) is 33.9 Å². The monoisotopic (exact) mass is 607 g/mol. The summed E-state index contributed by atoms with van der Waals surface area (Å²) in [6, 6.07) is 29.0. The maximum Gasteiger partial charge on any atom is 0.573 e. The van der Waals surface area contributed by atoms with Gasteiger partial charge in [-0.15, -0.1) is 13.2 Å². The van der Waals surface area contributed by atoms with Crippen molar-refractivity contribution in [2.45, 2.75) is 38.3 Å². The molecule has 0 saturated heterocycles. The maximum atomic E-state index is 12.7. The molecule has 6 rings (SSSR count). The number of pyridine rings is 1. The van der Waals surface area contributed by atoms with Gasteiger partial charge in [-0.1, -0.05) is 60.7 Å². The molecule has 1 saturated carbocycles. The summed E-state index contributed by atoms with van der Waals surface area (Å²) in [5.74, 6) is -0.422. The number of anilines is 1. The average molecular weight is 608 g/mol. The molecule has 1 aliphatic carbocycles. The van der Waals surface area contributed by atoms with Gasteiger partial charge < -0.3 is 19.3 Å². The zero-order valence-corrected chi connectivity index (χ0v) is 25.9. The summed E-state index contributed by atoms with van der Waals surface area (Å²) in [6.45, 7) is 1.24. The van der Waals surface area contributed by atoms with Crippen molar-refractivity contribution in [1.29, 1.82) is 0 Å². The van der Waals surface area contributed by atoms with Crippen LogP contribution >= 0.6 is 0 Å². The zero-order chi connectivity index (χ0) is 30.0. The van der Waals surface area contributed by atoms with Crippen LogP contribution in [0.5, 0.6) is 5.75 Å². The number of ether oxygens (including phenoxy) is 1. The number of imidazole rings is 1. The molecule has 0 bridgehead atoms. The van der Waals surface area contributed by atoms with E-state index in [1.165, 1.54) is 24.3 Å². The molecular formula is C33H27F3N4NaO3. The van der Waals surface area contributed by atoms with Crippen LogP contribution in [0.25, 0.3) is 22.6 Å². The predicted molar refractivity (Wildman–Crippen MR) is 161 cm³/mol. The van der Waals surface area contributed by atoms with Crippen molar-refractivity contribution in [2.75, 3.05) is 4.90 Å². The Morgan fingerprint density at radius 1 is 0.864 bits per heavy atom. The third kappa shape index (κ3) is 7.32. The first-order valence-electron chi connectivity index (χ1n) is 13.8. The first kappa shape index (κ1) is 31.3. The fourth-order valence-corrected chi connectivity index (χ4v) is 5.07. The van der Waals surface area contributed by atoms with Crippen molar-refractivity contribution in [1.82, 2.24) is 14.5 Å². The van der Waals surface area contributed by atoms with Gasteiger partial charge in [0.2, 0.25) is 0 Å². The Kier molecular flexibility index (Phi) is 9.43. The fourth-order valence-electron chi connectivity index (χ4n) is 5.07. The molecule has 0 aliphatic heterocycles. The number of carboxylic acid groups (broad SMARTS) is 1. The number of carboxylic acids is 1. The summed E-state index contributed by atoms with van der Waals surface area (Å²) in [4.78, 5) is 24.1. The van der Waals surface area contributed by atoms with E-state index >= 15 is 0 Å². The van der Waals surface area contributed by atoms with Crippen LogP contribution in [0.2, 0.25) is 0 Å². The minimum absolute atomic E-state index is 0. The van der Waals surface area contributed by atoms with Crippen LogP contribution in [0.1, 0.15) is 40.5 Å². The number of halogens is 3. The van der Waals surface area contributed by atoms with Gasteiger partial charge in [0.05, 0.1) is 0 Å². The molecule has 44 heavy (non-hydrogen) atoms. The second-order valence-electron chi connectivity index (χ2n) is 10.3. The Bertz CT molecular complexity index is 1670. The summed E-state index contributed by atoms with van der Waals surface area (Å²) in [6.07, 6.45) is -1.63. The molecule has 1 aliphatic rings. The number of benzene rings is 3. The largest absolute Gasteiger partial charge is 0.573 e. The minimum Gasteiger partial charge on any atom is -0.477 e.